The van der Waals surface area contributed by atoms with Crippen LogP contribution in [0.1, 0.15) is 5.69 Å². The molecule has 0 bridgehead atoms. The van der Waals surface area contributed by atoms with Crippen LogP contribution < -0.4 is 15.0 Å². The molecule has 0 saturated carbocycles. The van der Waals surface area contributed by atoms with Gasteiger partial charge >= 0.3 is 6.18 Å². The number of aromatic nitrogens is 2. The van der Waals surface area contributed by atoms with E-state index >= 15 is 0 Å². The summed E-state index contributed by atoms with van der Waals surface area (Å²) in [6, 6.07) is 11.8. The van der Waals surface area contributed by atoms with Crippen LogP contribution in [0, 0.1) is 5.82 Å². The minimum absolute atomic E-state index is 0.0136. The Morgan fingerprint density at radius 3 is 2.20 bits per heavy atom. The Bertz CT molecular complexity index is 1380. The van der Waals surface area contributed by atoms with Crippen molar-refractivity contribution in [3.8, 4) is 5.75 Å². The maximum atomic E-state index is 13.6. The number of sulfonamides is 1. The summed E-state index contributed by atoms with van der Waals surface area (Å²) in [5.74, 6) is -0.343. The molecule has 4 rings (SSSR count). The molecule has 0 aliphatic carbocycles. The molecule has 3 aromatic rings. The smallest absolute Gasteiger partial charge is 0.433 e. The predicted molar refractivity (Wildman–Crippen MR) is 142 cm³/mol. The quantitative estimate of drug-likeness (QED) is 0.245. The van der Waals surface area contributed by atoms with E-state index in [4.69, 9.17) is 14.2 Å². The first kappa shape index (κ1) is 30.4. The fourth-order valence-electron chi connectivity index (χ4n) is 3.91. The largest absolute Gasteiger partial charge is 0.491 e. The van der Waals surface area contributed by atoms with Crippen molar-refractivity contribution in [3.05, 3.63) is 66.1 Å². The van der Waals surface area contributed by atoms with Crippen molar-refractivity contribution in [2.45, 2.75) is 11.1 Å². The van der Waals surface area contributed by atoms with Gasteiger partial charge in [0.2, 0.25) is 16.0 Å². The molecule has 1 N–H and O–H groups in total. The summed E-state index contributed by atoms with van der Waals surface area (Å²) in [6.07, 6.45) is -4.74. The third-order valence-corrected chi connectivity index (χ3v) is 7.95. The average Bonchev–Trinajstić information content (AvgIpc) is 2.96. The summed E-state index contributed by atoms with van der Waals surface area (Å²) < 4.78 is 97.3. The molecular weight excluding hydrogens is 570 g/mol. The van der Waals surface area contributed by atoms with Crippen molar-refractivity contribution in [3.63, 3.8) is 0 Å². The Kier molecular flexibility index (Phi) is 9.96. The van der Waals surface area contributed by atoms with E-state index in [1.165, 1.54) is 33.5 Å². The van der Waals surface area contributed by atoms with Crippen molar-refractivity contribution in [1.29, 1.82) is 0 Å². The van der Waals surface area contributed by atoms with Gasteiger partial charge in [-0.1, -0.05) is 0 Å². The summed E-state index contributed by atoms with van der Waals surface area (Å²) >= 11 is 0. The molecule has 2 aromatic carbocycles. The van der Waals surface area contributed by atoms with E-state index in [0.717, 1.165) is 18.2 Å². The first-order chi connectivity index (χ1) is 19.6. The van der Waals surface area contributed by atoms with Crippen molar-refractivity contribution in [2.75, 3.05) is 69.9 Å². The first-order valence-corrected chi connectivity index (χ1v) is 14.0. The van der Waals surface area contributed by atoms with Crippen LogP contribution in [0.3, 0.4) is 0 Å². The van der Waals surface area contributed by atoms with Gasteiger partial charge in [0.25, 0.3) is 0 Å². The third-order valence-electron chi connectivity index (χ3n) is 6.03. The lowest BCUT2D eigenvalue weighted by atomic mass is 10.3. The zero-order valence-corrected chi connectivity index (χ0v) is 22.9. The van der Waals surface area contributed by atoms with Crippen LogP contribution in [0.5, 0.6) is 5.75 Å². The topological polar surface area (TPSA) is 106 Å². The highest BCUT2D eigenvalue weighted by Crippen LogP contribution is 2.32. The number of rotatable bonds is 12. The van der Waals surface area contributed by atoms with Crippen LogP contribution in [0.4, 0.5) is 35.0 Å². The van der Waals surface area contributed by atoms with Gasteiger partial charge in [0.1, 0.15) is 24.0 Å². The number of anilines is 3. The maximum Gasteiger partial charge on any atom is 0.433 e. The molecule has 1 aromatic heterocycles. The normalized spacial score (nSPS) is 14.7. The van der Waals surface area contributed by atoms with Crippen LogP contribution in [-0.2, 0) is 25.7 Å². The number of nitrogens with zero attached hydrogens (tertiary/aromatic N) is 4. The van der Waals surface area contributed by atoms with E-state index in [9.17, 15) is 26.0 Å². The highest BCUT2D eigenvalue weighted by molar-refractivity contribution is 7.89. The van der Waals surface area contributed by atoms with E-state index in [0.29, 0.717) is 31.3 Å². The Balaban J connectivity index is 1.39. The zero-order valence-electron chi connectivity index (χ0n) is 22.1. The van der Waals surface area contributed by atoms with Crippen molar-refractivity contribution < 1.29 is 40.2 Å². The Morgan fingerprint density at radius 1 is 0.902 bits per heavy atom. The van der Waals surface area contributed by atoms with Gasteiger partial charge in [-0.3, -0.25) is 0 Å². The number of halogens is 4. The lowest BCUT2D eigenvalue weighted by Crippen LogP contribution is -2.49. The molecule has 0 spiro atoms. The fraction of sp³-hybridized carbons (Fsp3) is 0.385. The minimum atomic E-state index is -4.74. The van der Waals surface area contributed by atoms with Crippen molar-refractivity contribution >= 4 is 27.5 Å². The molecule has 1 saturated heterocycles. The maximum absolute atomic E-state index is 13.6. The molecule has 0 radical (unpaired) electrons. The summed E-state index contributed by atoms with van der Waals surface area (Å²) in [5, 5.41) is 2.73. The molecule has 10 nitrogen and oxygen atoms in total. The van der Waals surface area contributed by atoms with Crippen molar-refractivity contribution in [2.24, 2.45) is 0 Å². The summed E-state index contributed by atoms with van der Waals surface area (Å²) in [7, 11) is -2.28. The van der Waals surface area contributed by atoms with Crippen LogP contribution in [0.2, 0.25) is 0 Å². The minimum Gasteiger partial charge on any atom is -0.491 e. The number of hydrogen-bond donors (Lipinski definition) is 1. The molecule has 0 atom stereocenters. The standard InChI is InChI=1S/C26H29F4N5O5S/c1-38-14-15-39-16-17-40-21-6-8-22(9-7-21)41(36,37)35-12-10-34(11-13-35)25-32-23(26(28,29)30)18-24(33-25)31-20-4-2-19(27)3-5-20/h2-9,18H,10-17H2,1H3,(H,31,32,33). The molecule has 41 heavy (non-hydrogen) atoms. The van der Waals surface area contributed by atoms with Crippen LogP contribution in [-0.4, -0.2) is 82.4 Å². The molecule has 1 aliphatic rings. The van der Waals surface area contributed by atoms with Gasteiger partial charge < -0.3 is 24.4 Å². The van der Waals surface area contributed by atoms with Crippen LogP contribution in [0.25, 0.3) is 0 Å². The Morgan fingerprint density at radius 2 is 1.56 bits per heavy atom. The second-order valence-electron chi connectivity index (χ2n) is 8.88. The molecule has 0 amide bonds. The SMILES string of the molecule is COCCOCCOc1ccc(S(=O)(=O)N2CCN(c3nc(Nc4ccc(F)cc4)cc(C(F)(F)F)n3)CC2)cc1. The van der Waals surface area contributed by atoms with Gasteiger partial charge in [-0.15, -0.1) is 0 Å². The highest BCUT2D eigenvalue weighted by Gasteiger charge is 2.35. The number of ether oxygens (including phenoxy) is 3. The summed E-state index contributed by atoms with van der Waals surface area (Å²) in [6.45, 7) is 1.73. The Hall–Kier alpha value is -3.53. The molecule has 1 fully saturated rings. The van der Waals surface area contributed by atoms with E-state index in [1.54, 1.807) is 19.2 Å². The lowest BCUT2D eigenvalue weighted by molar-refractivity contribution is -0.141. The molecule has 15 heteroatoms. The fourth-order valence-corrected chi connectivity index (χ4v) is 5.34. The summed E-state index contributed by atoms with van der Waals surface area (Å²) in [4.78, 5) is 9.43. The van der Waals surface area contributed by atoms with E-state index < -0.39 is 27.7 Å². The second-order valence-corrected chi connectivity index (χ2v) is 10.8. The monoisotopic (exact) mass is 599 g/mol. The van der Waals surface area contributed by atoms with Gasteiger partial charge in [-0.2, -0.15) is 22.5 Å². The van der Waals surface area contributed by atoms with E-state index in [2.05, 4.69) is 15.3 Å². The number of alkyl halides is 3. The third kappa shape index (κ3) is 8.25. The first-order valence-electron chi connectivity index (χ1n) is 12.6. The number of piperazine rings is 1. The molecule has 0 unspecified atom stereocenters. The van der Waals surface area contributed by atoms with Gasteiger partial charge in [-0.25, -0.2) is 17.8 Å². The summed E-state index contributed by atoms with van der Waals surface area (Å²) in [5.41, 5.74) is -0.821. The van der Waals surface area contributed by atoms with E-state index in [-0.39, 0.29) is 49.4 Å². The van der Waals surface area contributed by atoms with Crippen LogP contribution >= 0.6 is 0 Å². The molecule has 2 heterocycles. The van der Waals surface area contributed by atoms with Gasteiger partial charge in [-0.05, 0) is 48.5 Å². The molecule has 222 valence electrons. The number of nitrogens with one attached hydrogen (secondary N) is 1. The van der Waals surface area contributed by atoms with Gasteiger partial charge in [0.15, 0.2) is 5.69 Å². The van der Waals surface area contributed by atoms with Gasteiger partial charge in [0, 0.05) is 45.0 Å². The van der Waals surface area contributed by atoms with E-state index in [1.807, 2.05) is 0 Å². The van der Waals surface area contributed by atoms with Crippen LogP contribution in [0.15, 0.2) is 59.5 Å². The lowest BCUT2D eigenvalue weighted by Gasteiger charge is -2.34. The number of benzene rings is 2. The molecular formula is C26H29F4N5O5S. The highest BCUT2D eigenvalue weighted by atomic mass is 32.2. The molecule has 1 aliphatic heterocycles. The number of methoxy groups -OCH3 is 1. The van der Waals surface area contributed by atoms with Gasteiger partial charge in [0.05, 0.1) is 24.7 Å². The average molecular weight is 600 g/mol. The predicted octanol–water partition coefficient (Wildman–Crippen LogP) is 3.93. The number of hydrogen-bond acceptors (Lipinski definition) is 9. The zero-order chi connectivity index (χ0) is 29.5. The Labute approximate surface area is 234 Å². The second kappa shape index (κ2) is 13.4. The van der Waals surface area contributed by atoms with Crippen molar-refractivity contribution in [1.82, 2.24) is 14.3 Å².